The summed E-state index contributed by atoms with van der Waals surface area (Å²) in [7, 11) is 0. The summed E-state index contributed by atoms with van der Waals surface area (Å²) in [5, 5.41) is 3.68. The van der Waals surface area contributed by atoms with Gasteiger partial charge in [0.05, 0.1) is 6.61 Å². The van der Waals surface area contributed by atoms with Gasteiger partial charge in [-0.1, -0.05) is 33.2 Å². The number of hydrogen-bond donors (Lipinski definition) is 0. The number of carbonyl (C=O) groups excluding carboxylic acids is 1. The quantitative estimate of drug-likeness (QED) is 0.816. The standard InChI is InChI=1S/C12H10BrNO3/c1-2-16-12(15)10-7-11(17-14-10)8-5-3-4-6-9(8)13/h3-7H,2H2,1H3. The first-order valence-corrected chi connectivity index (χ1v) is 5.90. The number of halogens is 1. The predicted molar refractivity (Wildman–Crippen MR) is 65.6 cm³/mol. The summed E-state index contributed by atoms with van der Waals surface area (Å²) >= 11 is 3.41. The van der Waals surface area contributed by atoms with E-state index in [2.05, 4.69) is 21.1 Å². The van der Waals surface area contributed by atoms with E-state index in [1.807, 2.05) is 24.3 Å². The van der Waals surface area contributed by atoms with E-state index < -0.39 is 5.97 Å². The van der Waals surface area contributed by atoms with Crippen molar-refractivity contribution in [2.75, 3.05) is 6.61 Å². The van der Waals surface area contributed by atoms with Crippen LogP contribution in [0, 0.1) is 0 Å². The average molecular weight is 296 g/mol. The fourth-order valence-electron chi connectivity index (χ4n) is 1.36. The molecule has 0 amide bonds. The molecule has 1 heterocycles. The molecule has 0 aliphatic carbocycles. The molecule has 0 spiro atoms. The van der Waals surface area contributed by atoms with E-state index in [0.717, 1.165) is 10.0 Å². The molecular formula is C12H10BrNO3. The summed E-state index contributed by atoms with van der Waals surface area (Å²) in [6.45, 7) is 2.06. The van der Waals surface area contributed by atoms with Crippen molar-refractivity contribution >= 4 is 21.9 Å². The van der Waals surface area contributed by atoms with Crippen LogP contribution >= 0.6 is 15.9 Å². The number of esters is 1. The monoisotopic (exact) mass is 295 g/mol. The SMILES string of the molecule is CCOC(=O)c1cc(-c2ccccc2Br)on1. The lowest BCUT2D eigenvalue weighted by molar-refractivity contribution is 0.0514. The molecule has 0 N–H and O–H groups in total. The largest absolute Gasteiger partial charge is 0.461 e. The molecule has 5 heteroatoms. The Hall–Kier alpha value is -1.62. The lowest BCUT2D eigenvalue weighted by atomic mass is 10.1. The first-order chi connectivity index (χ1) is 8.22. The van der Waals surface area contributed by atoms with E-state index >= 15 is 0 Å². The van der Waals surface area contributed by atoms with Crippen LogP contribution in [0.2, 0.25) is 0 Å². The molecule has 0 atom stereocenters. The molecule has 17 heavy (non-hydrogen) atoms. The summed E-state index contributed by atoms with van der Waals surface area (Å²) < 4.78 is 10.8. The molecule has 4 nitrogen and oxygen atoms in total. The predicted octanol–water partition coefficient (Wildman–Crippen LogP) is 3.28. The van der Waals surface area contributed by atoms with E-state index in [1.165, 1.54) is 0 Å². The van der Waals surface area contributed by atoms with Crippen molar-refractivity contribution in [2.45, 2.75) is 6.92 Å². The molecule has 0 saturated heterocycles. The van der Waals surface area contributed by atoms with Gasteiger partial charge in [-0.25, -0.2) is 4.79 Å². The fraction of sp³-hybridized carbons (Fsp3) is 0.167. The van der Waals surface area contributed by atoms with Gasteiger partial charge in [0.1, 0.15) is 0 Å². The maximum Gasteiger partial charge on any atom is 0.360 e. The normalized spacial score (nSPS) is 10.2. The number of benzene rings is 1. The van der Waals surface area contributed by atoms with Crippen LogP contribution in [0.15, 0.2) is 39.3 Å². The maximum atomic E-state index is 11.4. The fourth-order valence-corrected chi connectivity index (χ4v) is 1.84. The van der Waals surface area contributed by atoms with Crippen molar-refractivity contribution in [3.05, 3.63) is 40.5 Å². The number of rotatable bonds is 3. The van der Waals surface area contributed by atoms with E-state index in [-0.39, 0.29) is 5.69 Å². The van der Waals surface area contributed by atoms with E-state index in [4.69, 9.17) is 9.26 Å². The van der Waals surface area contributed by atoms with Crippen LogP contribution in [-0.4, -0.2) is 17.7 Å². The summed E-state index contributed by atoms with van der Waals surface area (Å²) in [5.41, 5.74) is 1.02. The average Bonchev–Trinajstić information content (AvgIpc) is 2.79. The molecular weight excluding hydrogens is 286 g/mol. The Kier molecular flexibility index (Phi) is 3.58. The van der Waals surface area contributed by atoms with Gasteiger partial charge in [-0.3, -0.25) is 0 Å². The Morgan fingerprint density at radius 2 is 2.24 bits per heavy atom. The highest BCUT2D eigenvalue weighted by Crippen LogP contribution is 2.28. The van der Waals surface area contributed by atoms with E-state index in [9.17, 15) is 4.79 Å². The zero-order chi connectivity index (χ0) is 12.3. The lowest BCUT2D eigenvalue weighted by Crippen LogP contribution is -2.04. The number of carbonyl (C=O) groups is 1. The first-order valence-electron chi connectivity index (χ1n) is 5.11. The third-order valence-corrected chi connectivity index (χ3v) is 2.83. The van der Waals surface area contributed by atoms with Crippen LogP contribution in [0.5, 0.6) is 0 Å². The summed E-state index contributed by atoms with van der Waals surface area (Å²) in [6, 6.07) is 9.11. The first kappa shape index (κ1) is 11.9. The minimum atomic E-state index is -0.477. The molecule has 2 rings (SSSR count). The van der Waals surface area contributed by atoms with Crippen LogP contribution in [-0.2, 0) is 4.74 Å². The van der Waals surface area contributed by atoms with Gasteiger partial charge >= 0.3 is 5.97 Å². The molecule has 2 aromatic rings. The van der Waals surface area contributed by atoms with Gasteiger partial charge in [-0.2, -0.15) is 0 Å². The van der Waals surface area contributed by atoms with Gasteiger partial charge in [0.15, 0.2) is 11.5 Å². The molecule has 1 aromatic carbocycles. The minimum absolute atomic E-state index is 0.178. The van der Waals surface area contributed by atoms with Crippen LogP contribution in [0.4, 0.5) is 0 Å². The smallest absolute Gasteiger partial charge is 0.360 e. The van der Waals surface area contributed by atoms with Gasteiger partial charge in [-0.05, 0) is 19.1 Å². The van der Waals surface area contributed by atoms with Crippen molar-refractivity contribution < 1.29 is 14.1 Å². The number of ether oxygens (including phenoxy) is 1. The molecule has 1 aromatic heterocycles. The molecule has 88 valence electrons. The Bertz CT molecular complexity index is 536. The number of nitrogens with zero attached hydrogens (tertiary/aromatic N) is 1. The highest BCUT2D eigenvalue weighted by Gasteiger charge is 2.15. The highest BCUT2D eigenvalue weighted by atomic mass is 79.9. The Balaban J connectivity index is 2.30. The molecule has 0 radical (unpaired) electrons. The van der Waals surface area contributed by atoms with Crippen LogP contribution in [0.3, 0.4) is 0 Å². The van der Waals surface area contributed by atoms with Gasteiger partial charge in [0, 0.05) is 16.1 Å². The highest BCUT2D eigenvalue weighted by molar-refractivity contribution is 9.10. The van der Waals surface area contributed by atoms with Gasteiger partial charge < -0.3 is 9.26 Å². The second kappa shape index (κ2) is 5.14. The summed E-state index contributed by atoms with van der Waals surface area (Å²) in [4.78, 5) is 11.4. The van der Waals surface area contributed by atoms with Crippen LogP contribution in [0.1, 0.15) is 17.4 Å². The maximum absolute atomic E-state index is 11.4. The van der Waals surface area contributed by atoms with Crippen LogP contribution < -0.4 is 0 Å². The molecule has 0 aliphatic heterocycles. The Morgan fingerprint density at radius 1 is 1.47 bits per heavy atom. The molecule has 0 saturated carbocycles. The third kappa shape index (κ3) is 2.55. The third-order valence-electron chi connectivity index (χ3n) is 2.13. The Morgan fingerprint density at radius 3 is 2.94 bits per heavy atom. The molecule has 0 fully saturated rings. The van der Waals surface area contributed by atoms with Crippen molar-refractivity contribution in [1.82, 2.24) is 5.16 Å². The zero-order valence-electron chi connectivity index (χ0n) is 9.14. The van der Waals surface area contributed by atoms with Crippen molar-refractivity contribution in [3.8, 4) is 11.3 Å². The van der Waals surface area contributed by atoms with Crippen LogP contribution in [0.25, 0.3) is 11.3 Å². The van der Waals surface area contributed by atoms with Crippen molar-refractivity contribution in [3.63, 3.8) is 0 Å². The summed E-state index contributed by atoms with van der Waals surface area (Å²) in [5.74, 6) is 0.0510. The minimum Gasteiger partial charge on any atom is -0.461 e. The topological polar surface area (TPSA) is 52.3 Å². The van der Waals surface area contributed by atoms with Crippen molar-refractivity contribution in [1.29, 1.82) is 0 Å². The Labute approximate surface area is 107 Å². The number of hydrogen-bond acceptors (Lipinski definition) is 4. The van der Waals surface area contributed by atoms with Gasteiger partial charge in [0.2, 0.25) is 0 Å². The van der Waals surface area contributed by atoms with Gasteiger partial charge in [-0.15, -0.1) is 0 Å². The van der Waals surface area contributed by atoms with E-state index in [0.29, 0.717) is 12.4 Å². The van der Waals surface area contributed by atoms with Crippen molar-refractivity contribution in [2.24, 2.45) is 0 Å². The molecule has 0 unspecified atom stereocenters. The van der Waals surface area contributed by atoms with E-state index in [1.54, 1.807) is 13.0 Å². The van der Waals surface area contributed by atoms with Gasteiger partial charge in [0.25, 0.3) is 0 Å². The zero-order valence-corrected chi connectivity index (χ0v) is 10.7. The summed E-state index contributed by atoms with van der Waals surface area (Å²) in [6.07, 6.45) is 0. The second-order valence-corrected chi connectivity index (χ2v) is 4.13. The molecule has 0 bridgehead atoms. The number of aromatic nitrogens is 1. The molecule has 0 aliphatic rings. The lowest BCUT2D eigenvalue weighted by Gasteiger charge is -1.97. The second-order valence-electron chi connectivity index (χ2n) is 3.28.